The van der Waals surface area contributed by atoms with Crippen LogP contribution in [0, 0.1) is 11.6 Å². The Kier molecular flexibility index (Phi) is 4.94. The van der Waals surface area contributed by atoms with Gasteiger partial charge in [-0.2, -0.15) is 0 Å². The molecule has 0 nitrogen and oxygen atoms in total. The number of halogens is 4. The normalized spacial score (nSPS) is 12.4. The first-order chi connectivity index (χ1) is 9.10. The average Bonchev–Trinajstić information content (AvgIpc) is 2.36. The molecule has 0 N–H and O–H groups in total. The highest BCUT2D eigenvalue weighted by Gasteiger charge is 2.15. The summed E-state index contributed by atoms with van der Waals surface area (Å²) in [5.41, 5.74) is 1.36. The molecule has 0 amide bonds. The van der Waals surface area contributed by atoms with Crippen LogP contribution in [0.15, 0.2) is 46.9 Å². The summed E-state index contributed by atoms with van der Waals surface area (Å²) in [7, 11) is 0. The molecule has 19 heavy (non-hydrogen) atoms. The van der Waals surface area contributed by atoms with E-state index in [-0.39, 0.29) is 23.4 Å². The number of hydrogen-bond acceptors (Lipinski definition) is 0. The van der Waals surface area contributed by atoms with Crippen LogP contribution in [0.5, 0.6) is 0 Å². The molecule has 0 radical (unpaired) electrons. The molecule has 0 saturated heterocycles. The summed E-state index contributed by atoms with van der Waals surface area (Å²) >= 11 is 9.18. The Bertz CT molecular complexity index is 552. The van der Waals surface area contributed by atoms with Gasteiger partial charge in [-0.1, -0.05) is 34.1 Å². The van der Waals surface area contributed by atoms with Gasteiger partial charge in [0.1, 0.15) is 11.6 Å². The zero-order valence-electron chi connectivity index (χ0n) is 10.0. The van der Waals surface area contributed by atoms with Gasteiger partial charge in [-0.15, -0.1) is 11.6 Å². The second kappa shape index (κ2) is 6.49. The summed E-state index contributed by atoms with van der Waals surface area (Å²) in [6.45, 7) is 0. The van der Waals surface area contributed by atoms with Gasteiger partial charge in [-0.25, -0.2) is 8.78 Å². The molecule has 0 heterocycles. The summed E-state index contributed by atoms with van der Waals surface area (Å²) in [6, 6.07) is 11.2. The van der Waals surface area contributed by atoms with E-state index < -0.39 is 0 Å². The van der Waals surface area contributed by atoms with Gasteiger partial charge < -0.3 is 0 Å². The summed E-state index contributed by atoms with van der Waals surface area (Å²) in [5.74, 6) is -0.471. The highest BCUT2D eigenvalue weighted by Crippen LogP contribution is 2.26. The van der Waals surface area contributed by atoms with Crippen LogP contribution in [0.4, 0.5) is 8.78 Å². The van der Waals surface area contributed by atoms with Crippen molar-refractivity contribution in [3.63, 3.8) is 0 Å². The molecule has 2 rings (SSSR count). The van der Waals surface area contributed by atoms with E-state index in [1.165, 1.54) is 18.2 Å². The van der Waals surface area contributed by atoms with E-state index in [4.69, 9.17) is 11.6 Å². The van der Waals surface area contributed by atoms with Gasteiger partial charge in [0.2, 0.25) is 0 Å². The molecule has 0 aliphatic carbocycles. The van der Waals surface area contributed by atoms with Crippen molar-refractivity contribution in [1.82, 2.24) is 0 Å². The predicted octanol–water partition coefficient (Wildman–Crippen LogP) is 5.29. The Balaban J connectivity index is 2.26. The molecule has 0 spiro atoms. The molecular weight excluding hydrogens is 334 g/mol. The van der Waals surface area contributed by atoms with Crippen molar-refractivity contribution in [2.45, 2.75) is 12.3 Å². The first-order valence-electron chi connectivity index (χ1n) is 5.85. The van der Waals surface area contributed by atoms with Crippen molar-refractivity contribution in [1.29, 1.82) is 0 Å². The average molecular weight is 346 g/mol. The van der Waals surface area contributed by atoms with Crippen LogP contribution in [0.2, 0.25) is 0 Å². The highest BCUT2D eigenvalue weighted by molar-refractivity contribution is 9.10. The fraction of sp³-hybridized carbons (Fsp3) is 0.200. The summed E-state index contributed by atoms with van der Waals surface area (Å²) < 4.78 is 27.7. The maximum atomic E-state index is 13.7. The molecule has 1 atom stereocenters. The van der Waals surface area contributed by atoms with Crippen LogP contribution >= 0.6 is 27.5 Å². The maximum Gasteiger partial charge on any atom is 0.126 e. The van der Waals surface area contributed by atoms with Crippen molar-refractivity contribution in [2.24, 2.45) is 0 Å². The minimum atomic E-state index is -0.314. The predicted molar refractivity (Wildman–Crippen MR) is 77.7 cm³/mol. The number of rotatable bonds is 4. The molecule has 0 aliphatic rings. The minimum absolute atomic E-state index is 0.170. The van der Waals surface area contributed by atoms with E-state index in [0.29, 0.717) is 16.5 Å². The van der Waals surface area contributed by atoms with Gasteiger partial charge in [0.05, 0.1) is 0 Å². The van der Waals surface area contributed by atoms with Gasteiger partial charge in [0.25, 0.3) is 0 Å². The summed E-state index contributed by atoms with van der Waals surface area (Å²) in [4.78, 5) is 0. The molecule has 2 aromatic rings. The Morgan fingerprint density at radius 1 is 1.11 bits per heavy atom. The fourth-order valence-electron chi connectivity index (χ4n) is 2.07. The standard InChI is InChI=1S/C15H12BrClF2/c16-12-6-10(7-13(18)8-12)5-11(9-17)14-3-1-2-4-15(14)19/h1-4,6-8,11H,5,9H2. The van der Waals surface area contributed by atoms with Crippen molar-refractivity contribution in [3.8, 4) is 0 Å². The Labute approximate surface area is 124 Å². The molecule has 0 fully saturated rings. The number of alkyl halides is 1. The lowest BCUT2D eigenvalue weighted by molar-refractivity contribution is 0.587. The molecule has 0 aromatic heterocycles. The van der Waals surface area contributed by atoms with Gasteiger partial charge in [0.15, 0.2) is 0 Å². The lowest BCUT2D eigenvalue weighted by Gasteiger charge is -2.15. The van der Waals surface area contributed by atoms with Crippen molar-refractivity contribution < 1.29 is 8.78 Å². The molecule has 4 heteroatoms. The maximum absolute atomic E-state index is 13.7. The molecule has 2 aromatic carbocycles. The molecule has 0 aliphatic heterocycles. The fourth-order valence-corrected chi connectivity index (χ4v) is 2.86. The monoisotopic (exact) mass is 344 g/mol. The van der Waals surface area contributed by atoms with Gasteiger partial charge in [-0.05, 0) is 41.8 Å². The van der Waals surface area contributed by atoms with E-state index >= 15 is 0 Å². The Morgan fingerprint density at radius 2 is 1.84 bits per heavy atom. The smallest absolute Gasteiger partial charge is 0.126 e. The van der Waals surface area contributed by atoms with Gasteiger partial charge in [-0.3, -0.25) is 0 Å². The molecule has 1 unspecified atom stereocenters. The first-order valence-corrected chi connectivity index (χ1v) is 7.18. The first kappa shape index (κ1) is 14.5. The van der Waals surface area contributed by atoms with Crippen molar-refractivity contribution >= 4 is 27.5 Å². The van der Waals surface area contributed by atoms with E-state index in [9.17, 15) is 8.78 Å². The molecule has 0 bridgehead atoms. The zero-order chi connectivity index (χ0) is 13.8. The topological polar surface area (TPSA) is 0 Å². The third-order valence-electron chi connectivity index (χ3n) is 2.94. The minimum Gasteiger partial charge on any atom is -0.207 e. The van der Waals surface area contributed by atoms with Crippen LogP contribution in [-0.2, 0) is 6.42 Å². The zero-order valence-corrected chi connectivity index (χ0v) is 12.4. The molecular formula is C15H12BrClF2. The van der Waals surface area contributed by atoms with Crippen LogP contribution in [0.25, 0.3) is 0 Å². The lowest BCUT2D eigenvalue weighted by atomic mass is 9.93. The van der Waals surface area contributed by atoms with Crippen molar-refractivity contribution in [3.05, 3.63) is 69.7 Å². The van der Waals surface area contributed by atoms with E-state index in [1.54, 1.807) is 18.2 Å². The Morgan fingerprint density at radius 3 is 2.47 bits per heavy atom. The SMILES string of the molecule is Fc1cc(Br)cc(CC(CCl)c2ccccc2F)c1. The third kappa shape index (κ3) is 3.77. The second-order valence-corrected chi connectivity index (χ2v) is 5.58. The quantitative estimate of drug-likeness (QED) is 0.660. The summed E-state index contributed by atoms with van der Waals surface area (Å²) in [5, 5.41) is 0. The largest absolute Gasteiger partial charge is 0.207 e. The van der Waals surface area contributed by atoms with E-state index in [1.807, 2.05) is 6.07 Å². The Hall–Kier alpha value is -0.930. The highest BCUT2D eigenvalue weighted by atomic mass is 79.9. The van der Waals surface area contributed by atoms with Gasteiger partial charge in [0, 0.05) is 16.3 Å². The number of benzene rings is 2. The second-order valence-electron chi connectivity index (χ2n) is 4.35. The third-order valence-corrected chi connectivity index (χ3v) is 3.77. The lowest BCUT2D eigenvalue weighted by Crippen LogP contribution is -2.07. The van der Waals surface area contributed by atoms with Crippen molar-refractivity contribution in [2.75, 3.05) is 5.88 Å². The van der Waals surface area contributed by atoms with Gasteiger partial charge >= 0.3 is 0 Å². The number of hydrogen-bond donors (Lipinski definition) is 0. The van der Waals surface area contributed by atoms with Crippen LogP contribution in [0.1, 0.15) is 17.0 Å². The van der Waals surface area contributed by atoms with Crippen LogP contribution < -0.4 is 0 Å². The molecule has 0 saturated carbocycles. The van der Waals surface area contributed by atoms with E-state index in [2.05, 4.69) is 15.9 Å². The van der Waals surface area contributed by atoms with Crippen LogP contribution in [-0.4, -0.2) is 5.88 Å². The molecule has 100 valence electrons. The van der Waals surface area contributed by atoms with E-state index in [0.717, 1.165) is 5.56 Å². The summed E-state index contributed by atoms with van der Waals surface area (Å²) in [6.07, 6.45) is 0.501. The van der Waals surface area contributed by atoms with Crippen LogP contribution in [0.3, 0.4) is 0 Å².